The zero-order valence-electron chi connectivity index (χ0n) is 8.03. The van der Waals surface area contributed by atoms with Gasteiger partial charge in [-0.05, 0) is 12.1 Å². The van der Waals surface area contributed by atoms with Gasteiger partial charge in [0.15, 0.2) is 0 Å². The van der Waals surface area contributed by atoms with E-state index in [1.165, 1.54) is 0 Å². The number of hydrogen-bond donors (Lipinski definition) is 2. The van der Waals surface area contributed by atoms with E-state index >= 15 is 0 Å². The van der Waals surface area contributed by atoms with Gasteiger partial charge in [0.05, 0.1) is 10.8 Å². The molecular weight excluding hydrogens is 238 g/mol. The molecule has 0 saturated heterocycles. The maximum absolute atomic E-state index is 13.4. The van der Waals surface area contributed by atoms with Gasteiger partial charge in [0.1, 0.15) is 11.6 Å². The third kappa shape index (κ3) is 1.52. The Balaban J connectivity index is 3.01. The Hall–Kier alpha value is -2.44. The van der Waals surface area contributed by atoms with Crippen LogP contribution in [0.1, 0.15) is 21.1 Å². The molecule has 0 spiro atoms. The van der Waals surface area contributed by atoms with E-state index in [1.807, 2.05) is 0 Å². The summed E-state index contributed by atoms with van der Waals surface area (Å²) in [5.74, 6) is -7.34. The Kier molecular flexibility index (Phi) is 2.31. The molecule has 0 bridgehead atoms. The Morgan fingerprint density at radius 1 is 0.941 bits per heavy atom. The molecule has 0 saturated carbocycles. The van der Waals surface area contributed by atoms with Gasteiger partial charge in [-0.15, -0.1) is 0 Å². The first-order valence-electron chi connectivity index (χ1n) is 4.30. The normalized spacial score (nSPS) is 10.7. The molecule has 0 aliphatic carbocycles. The number of fused-ring (bicyclic) bond motifs is 1. The average molecular weight is 242 g/mol. The SMILES string of the molecule is O=C(O)c1oc(C(=O)O)c2c(F)ccc(F)c12. The average Bonchev–Trinajstić information content (AvgIpc) is 2.64. The summed E-state index contributed by atoms with van der Waals surface area (Å²) in [4.78, 5) is 21.5. The number of carbonyl (C=O) groups is 2. The smallest absolute Gasteiger partial charge is 0.372 e. The van der Waals surface area contributed by atoms with E-state index in [-0.39, 0.29) is 0 Å². The summed E-state index contributed by atoms with van der Waals surface area (Å²) >= 11 is 0. The van der Waals surface area contributed by atoms with E-state index in [0.717, 1.165) is 0 Å². The van der Waals surface area contributed by atoms with Crippen molar-refractivity contribution < 1.29 is 33.0 Å². The summed E-state index contributed by atoms with van der Waals surface area (Å²) in [5.41, 5.74) is 0. The molecule has 0 amide bonds. The number of hydrogen-bond acceptors (Lipinski definition) is 3. The van der Waals surface area contributed by atoms with Gasteiger partial charge in [-0.2, -0.15) is 0 Å². The Morgan fingerprint density at radius 3 is 1.59 bits per heavy atom. The number of aromatic carboxylic acids is 2. The van der Waals surface area contributed by atoms with Gasteiger partial charge in [-0.25, -0.2) is 18.4 Å². The molecule has 5 nitrogen and oxygen atoms in total. The Morgan fingerprint density at radius 2 is 1.29 bits per heavy atom. The highest BCUT2D eigenvalue weighted by Crippen LogP contribution is 2.30. The molecule has 0 fully saturated rings. The summed E-state index contributed by atoms with van der Waals surface area (Å²) in [6, 6.07) is 1.40. The second-order valence-corrected chi connectivity index (χ2v) is 3.15. The van der Waals surface area contributed by atoms with E-state index in [9.17, 15) is 18.4 Å². The summed E-state index contributed by atoms with van der Waals surface area (Å²) in [7, 11) is 0. The minimum atomic E-state index is -1.67. The minimum absolute atomic E-state index is 0.685. The largest absolute Gasteiger partial charge is 0.475 e. The Bertz CT molecular complexity index is 590. The van der Waals surface area contributed by atoms with Crippen LogP contribution in [0.3, 0.4) is 0 Å². The van der Waals surface area contributed by atoms with Crippen LogP contribution in [0.4, 0.5) is 8.78 Å². The maximum atomic E-state index is 13.4. The molecule has 0 unspecified atom stereocenters. The lowest BCUT2D eigenvalue weighted by molar-refractivity contribution is 0.0634. The van der Waals surface area contributed by atoms with Crippen molar-refractivity contribution >= 4 is 22.7 Å². The summed E-state index contributed by atoms with van der Waals surface area (Å²) in [6.45, 7) is 0. The summed E-state index contributed by atoms with van der Waals surface area (Å²) in [5, 5.41) is 16.1. The molecule has 0 aliphatic rings. The van der Waals surface area contributed by atoms with E-state index in [4.69, 9.17) is 10.2 Å². The summed E-state index contributed by atoms with van der Waals surface area (Å²) < 4.78 is 31.2. The lowest BCUT2D eigenvalue weighted by Crippen LogP contribution is -1.95. The molecule has 88 valence electrons. The van der Waals surface area contributed by atoms with Crippen molar-refractivity contribution in [2.45, 2.75) is 0 Å². The first kappa shape index (κ1) is 11.1. The van der Waals surface area contributed by atoms with Crippen molar-refractivity contribution in [2.24, 2.45) is 0 Å². The van der Waals surface area contributed by atoms with Gasteiger partial charge in [0, 0.05) is 0 Å². The molecule has 1 heterocycles. The molecule has 0 radical (unpaired) electrons. The van der Waals surface area contributed by atoms with Crippen LogP contribution in [0.2, 0.25) is 0 Å². The minimum Gasteiger partial charge on any atom is -0.475 e. The predicted octanol–water partition coefficient (Wildman–Crippen LogP) is 2.11. The van der Waals surface area contributed by atoms with E-state index in [1.54, 1.807) is 0 Å². The molecule has 17 heavy (non-hydrogen) atoms. The highest BCUT2D eigenvalue weighted by molar-refractivity contribution is 6.09. The van der Waals surface area contributed by atoms with Gasteiger partial charge in [-0.1, -0.05) is 0 Å². The molecule has 0 aliphatic heterocycles. The van der Waals surface area contributed by atoms with Crippen molar-refractivity contribution in [3.8, 4) is 0 Å². The van der Waals surface area contributed by atoms with Crippen LogP contribution in [0.15, 0.2) is 16.5 Å². The number of carboxylic acids is 2. The highest BCUT2D eigenvalue weighted by atomic mass is 19.1. The van der Waals surface area contributed by atoms with Crippen molar-refractivity contribution in [1.82, 2.24) is 0 Å². The van der Waals surface area contributed by atoms with Crippen LogP contribution in [0.5, 0.6) is 0 Å². The van der Waals surface area contributed by atoms with E-state index in [2.05, 4.69) is 4.42 Å². The lowest BCUT2D eigenvalue weighted by Gasteiger charge is -1.94. The lowest BCUT2D eigenvalue weighted by atomic mass is 10.1. The van der Waals surface area contributed by atoms with Crippen molar-refractivity contribution in [1.29, 1.82) is 0 Å². The molecule has 2 rings (SSSR count). The zero-order chi connectivity index (χ0) is 12.7. The molecule has 7 heteroatoms. The number of rotatable bonds is 2. The third-order valence-corrected chi connectivity index (χ3v) is 2.15. The molecule has 2 aromatic rings. The quantitative estimate of drug-likeness (QED) is 0.841. The zero-order valence-corrected chi connectivity index (χ0v) is 8.03. The number of carboxylic acid groups (broad SMARTS) is 2. The number of benzene rings is 1. The second-order valence-electron chi connectivity index (χ2n) is 3.15. The van der Waals surface area contributed by atoms with Crippen molar-refractivity contribution in [3.63, 3.8) is 0 Å². The first-order chi connectivity index (χ1) is 7.93. The predicted molar refractivity (Wildman–Crippen MR) is 50.0 cm³/mol. The molecular formula is C10H4F2O5. The first-order valence-corrected chi connectivity index (χ1v) is 4.30. The van der Waals surface area contributed by atoms with Crippen LogP contribution in [-0.2, 0) is 0 Å². The van der Waals surface area contributed by atoms with Crippen molar-refractivity contribution in [3.05, 3.63) is 35.3 Å². The topological polar surface area (TPSA) is 87.7 Å². The van der Waals surface area contributed by atoms with Gasteiger partial charge in [-0.3, -0.25) is 0 Å². The van der Waals surface area contributed by atoms with Gasteiger partial charge in [0.25, 0.3) is 0 Å². The van der Waals surface area contributed by atoms with Gasteiger partial charge in [0.2, 0.25) is 11.5 Å². The van der Waals surface area contributed by atoms with Crippen LogP contribution < -0.4 is 0 Å². The Labute approximate surface area is 91.9 Å². The van der Waals surface area contributed by atoms with Crippen molar-refractivity contribution in [2.75, 3.05) is 0 Å². The van der Waals surface area contributed by atoms with Crippen LogP contribution in [0.25, 0.3) is 10.8 Å². The van der Waals surface area contributed by atoms with Crippen LogP contribution >= 0.6 is 0 Å². The van der Waals surface area contributed by atoms with E-state index < -0.39 is 45.9 Å². The van der Waals surface area contributed by atoms with E-state index in [0.29, 0.717) is 12.1 Å². The van der Waals surface area contributed by atoms with Gasteiger partial charge < -0.3 is 14.6 Å². The van der Waals surface area contributed by atoms with Gasteiger partial charge >= 0.3 is 11.9 Å². The van der Waals surface area contributed by atoms with Crippen LogP contribution in [0, 0.1) is 11.6 Å². The third-order valence-electron chi connectivity index (χ3n) is 2.15. The second kappa shape index (κ2) is 3.55. The monoisotopic (exact) mass is 242 g/mol. The maximum Gasteiger partial charge on any atom is 0.372 e. The molecule has 1 aromatic carbocycles. The molecule has 2 N–H and O–H groups in total. The summed E-state index contributed by atoms with van der Waals surface area (Å²) in [6.07, 6.45) is 0. The fourth-order valence-electron chi connectivity index (χ4n) is 1.50. The fraction of sp³-hybridized carbons (Fsp3) is 0. The molecule has 1 aromatic heterocycles. The molecule has 0 atom stereocenters. The number of furan rings is 1. The van der Waals surface area contributed by atoms with Crippen LogP contribution in [-0.4, -0.2) is 22.2 Å². The highest BCUT2D eigenvalue weighted by Gasteiger charge is 2.27. The fourth-order valence-corrected chi connectivity index (χ4v) is 1.50. The standard InChI is InChI=1S/C10H4F2O5/c11-3-1-2-4(12)6-5(3)7(9(13)14)17-8(6)10(15)16/h1-2H,(H,13,14)(H,15,16). The number of halogens is 2.